The van der Waals surface area contributed by atoms with Crippen LogP contribution in [0.4, 0.5) is 14.5 Å². The zero-order valence-electron chi connectivity index (χ0n) is 12.7. The summed E-state index contributed by atoms with van der Waals surface area (Å²) in [7, 11) is -7.99. The van der Waals surface area contributed by atoms with Crippen LogP contribution in [0.2, 0.25) is 0 Å². The molecule has 0 radical (unpaired) electrons. The van der Waals surface area contributed by atoms with Gasteiger partial charge in [0, 0.05) is 12.1 Å². The Morgan fingerprint density at radius 1 is 0.840 bits per heavy atom. The molecule has 10 heteroatoms. The fourth-order valence-corrected chi connectivity index (χ4v) is 4.59. The SMILES string of the molecule is O=S(=O)(Nc1ccc(F)c(F)c1)c1cccc(S(=O)(=O)NC2CC2)c1. The lowest BCUT2D eigenvalue weighted by Gasteiger charge is -2.10. The molecule has 2 N–H and O–H groups in total. The van der Waals surface area contributed by atoms with E-state index >= 15 is 0 Å². The second kappa shape index (κ2) is 6.36. The third-order valence-corrected chi connectivity index (χ3v) is 6.39. The molecule has 0 unspecified atom stereocenters. The predicted octanol–water partition coefficient (Wildman–Crippen LogP) is 2.21. The predicted molar refractivity (Wildman–Crippen MR) is 87.0 cm³/mol. The molecule has 134 valence electrons. The van der Waals surface area contributed by atoms with Gasteiger partial charge in [-0.2, -0.15) is 0 Å². The minimum atomic E-state index is -4.17. The van der Waals surface area contributed by atoms with E-state index in [9.17, 15) is 25.6 Å². The van der Waals surface area contributed by atoms with Gasteiger partial charge in [-0.15, -0.1) is 0 Å². The van der Waals surface area contributed by atoms with Crippen LogP contribution in [0.5, 0.6) is 0 Å². The number of halogens is 2. The van der Waals surface area contributed by atoms with Crippen LogP contribution in [-0.4, -0.2) is 22.9 Å². The maximum atomic E-state index is 13.2. The van der Waals surface area contributed by atoms with Crippen LogP contribution in [-0.2, 0) is 20.0 Å². The highest BCUT2D eigenvalue weighted by Crippen LogP contribution is 2.24. The molecule has 1 aliphatic rings. The van der Waals surface area contributed by atoms with Gasteiger partial charge < -0.3 is 0 Å². The van der Waals surface area contributed by atoms with Crippen molar-refractivity contribution in [2.75, 3.05) is 4.72 Å². The van der Waals surface area contributed by atoms with Gasteiger partial charge in [-0.25, -0.2) is 30.3 Å². The van der Waals surface area contributed by atoms with Crippen LogP contribution in [0.25, 0.3) is 0 Å². The molecular formula is C15H14F2N2O4S2. The molecule has 6 nitrogen and oxygen atoms in total. The van der Waals surface area contributed by atoms with Gasteiger partial charge >= 0.3 is 0 Å². The average Bonchev–Trinajstić information content (AvgIpc) is 3.34. The van der Waals surface area contributed by atoms with Gasteiger partial charge in [0.05, 0.1) is 15.5 Å². The number of benzene rings is 2. The summed E-state index contributed by atoms with van der Waals surface area (Å²) in [5.41, 5.74) is -0.178. The molecule has 0 atom stereocenters. The van der Waals surface area contributed by atoms with Gasteiger partial charge in [-0.05, 0) is 43.2 Å². The summed E-state index contributed by atoms with van der Waals surface area (Å²) in [6.07, 6.45) is 1.49. The number of hydrogen-bond donors (Lipinski definition) is 2. The van der Waals surface area contributed by atoms with E-state index in [0.717, 1.165) is 31.0 Å². The highest BCUT2D eigenvalue weighted by Gasteiger charge is 2.28. The normalized spacial score (nSPS) is 15.1. The molecule has 0 bridgehead atoms. The second-order valence-corrected chi connectivity index (χ2v) is 9.00. The molecule has 2 aromatic rings. The lowest BCUT2D eigenvalue weighted by Crippen LogP contribution is -2.26. The summed E-state index contributed by atoms with van der Waals surface area (Å²) in [6, 6.07) is 7.21. The summed E-state index contributed by atoms with van der Waals surface area (Å²) in [4.78, 5) is -0.497. The lowest BCUT2D eigenvalue weighted by atomic mass is 10.3. The van der Waals surface area contributed by atoms with Crippen LogP contribution in [0.3, 0.4) is 0 Å². The molecule has 3 rings (SSSR count). The number of rotatable bonds is 6. The maximum absolute atomic E-state index is 13.2. The third kappa shape index (κ3) is 4.14. The fourth-order valence-electron chi connectivity index (χ4n) is 2.07. The first-order chi connectivity index (χ1) is 11.7. The largest absolute Gasteiger partial charge is 0.280 e. The highest BCUT2D eigenvalue weighted by molar-refractivity contribution is 7.93. The quantitative estimate of drug-likeness (QED) is 0.794. The van der Waals surface area contributed by atoms with Crippen LogP contribution in [0.1, 0.15) is 12.8 Å². The van der Waals surface area contributed by atoms with Crippen molar-refractivity contribution in [2.45, 2.75) is 28.7 Å². The molecule has 1 fully saturated rings. The Hall–Kier alpha value is -2.04. The van der Waals surface area contributed by atoms with Gasteiger partial charge in [-0.3, -0.25) is 4.72 Å². The van der Waals surface area contributed by atoms with Gasteiger partial charge in [0.15, 0.2) is 11.6 Å². The van der Waals surface area contributed by atoms with Gasteiger partial charge in [0.1, 0.15) is 0 Å². The monoisotopic (exact) mass is 388 g/mol. The molecule has 0 amide bonds. The minimum absolute atomic E-state index is 0.120. The van der Waals surface area contributed by atoms with Crippen molar-refractivity contribution >= 4 is 25.7 Å². The summed E-state index contributed by atoms with van der Waals surface area (Å²) >= 11 is 0. The Morgan fingerprint density at radius 3 is 2.08 bits per heavy atom. The average molecular weight is 388 g/mol. The third-order valence-electron chi connectivity index (χ3n) is 3.50. The summed E-state index contributed by atoms with van der Waals surface area (Å²) < 4.78 is 79.8. The topological polar surface area (TPSA) is 92.3 Å². The van der Waals surface area contributed by atoms with Crippen LogP contribution >= 0.6 is 0 Å². The summed E-state index contributed by atoms with van der Waals surface area (Å²) in [5, 5.41) is 0. The first-order valence-corrected chi connectivity index (χ1v) is 10.2. The Balaban J connectivity index is 1.89. The molecule has 0 saturated heterocycles. The van der Waals surface area contributed by atoms with Crippen molar-refractivity contribution in [3.63, 3.8) is 0 Å². The van der Waals surface area contributed by atoms with E-state index in [1.807, 2.05) is 0 Å². The van der Waals surface area contributed by atoms with E-state index in [1.165, 1.54) is 18.2 Å². The highest BCUT2D eigenvalue weighted by atomic mass is 32.2. The Morgan fingerprint density at radius 2 is 1.48 bits per heavy atom. The minimum Gasteiger partial charge on any atom is -0.280 e. The fraction of sp³-hybridized carbons (Fsp3) is 0.200. The molecule has 1 aliphatic carbocycles. The Bertz CT molecular complexity index is 1020. The first kappa shape index (κ1) is 17.8. The van der Waals surface area contributed by atoms with Crippen LogP contribution in [0, 0.1) is 11.6 Å². The summed E-state index contributed by atoms with van der Waals surface area (Å²) in [5.74, 6) is -2.31. The van der Waals surface area contributed by atoms with Crippen molar-refractivity contribution in [3.05, 3.63) is 54.1 Å². The standard InChI is InChI=1S/C15H14F2N2O4S2/c16-14-7-6-11(8-15(14)17)19-25(22,23)13-3-1-2-12(9-13)24(20,21)18-10-4-5-10/h1-3,6-10,18-19H,4-5H2. The zero-order chi connectivity index (χ0) is 18.2. The maximum Gasteiger partial charge on any atom is 0.261 e. The Kier molecular flexibility index (Phi) is 4.52. The molecule has 25 heavy (non-hydrogen) atoms. The van der Waals surface area contributed by atoms with Crippen LogP contribution in [0.15, 0.2) is 52.3 Å². The number of anilines is 1. The van der Waals surface area contributed by atoms with Crippen molar-refractivity contribution in [2.24, 2.45) is 0 Å². The molecule has 2 aromatic carbocycles. The van der Waals surface area contributed by atoms with E-state index < -0.39 is 31.7 Å². The van der Waals surface area contributed by atoms with Crippen molar-refractivity contribution in [1.29, 1.82) is 0 Å². The smallest absolute Gasteiger partial charge is 0.261 e. The zero-order valence-corrected chi connectivity index (χ0v) is 14.4. The molecule has 0 spiro atoms. The van der Waals surface area contributed by atoms with Crippen molar-refractivity contribution in [3.8, 4) is 0 Å². The lowest BCUT2D eigenvalue weighted by molar-refractivity contribution is 0.509. The first-order valence-electron chi connectivity index (χ1n) is 7.28. The number of sulfonamides is 2. The molecule has 0 aliphatic heterocycles. The molecule has 1 saturated carbocycles. The van der Waals surface area contributed by atoms with E-state index in [-0.39, 0.29) is 21.5 Å². The molecule has 0 heterocycles. The number of nitrogens with one attached hydrogen (secondary N) is 2. The molecular weight excluding hydrogens is 374 g/mol. The van der Waals surface area contributed by atoms with Gasteiger partial charge in [0.2, 0.25) is 10.0 Å². The van der Waals surface area contributed by atoms with Crippen LogP contribution < -0.4 is 9.44 Å². The van der Waals surface area contributed by atoms with E-state index in [1.54, 1.807) is 0 Å². The van der Waals surface area contributed by atoms with E-state index in [0.29, 0.717) is 6.07 Å². The molecule has 0 aromatic heterocycles. The van der Waals surface area contributed by atoms with Gasteiger partial charge in [0.25, 0.3) is 10.0 Å². The summed E-state index contributed by atoms with van der Waals surface area (Å²) in [6.45, 7) is 0. The van der Waals surface area contributed by atoms with E-state index in [4.69, 9.17) is 0 Å². The van der Waals surface area contributed by atoms with Crippen molar-refractivity contribution < 1.29 is 25.6 Å². The second-order valence-electron chi connectivity index (χ2n) is 5.60. The van der Waals surface area contributed by atoms with Crippen molar-refractivity contribution in [1.82, 2.24) is 4.72 Å². The Labute approximate surface area is 144 Å². The van der Waals surface area contributed by atoms with E-state index in [2.05, 4.69) is 9.44 Å². The van der Waals surface area contributed by atoms with Gasteiger partial charge in [-0.1, -0.05) is 6.07 Å². The number of hydrogen-bond acceptors (Lipinski definition) is 4.